The number of aliphatic hydroxyl groups is 1. The second-order valence-corrected chi connectivity index (χ2v) is 10.4. The first kappa shape index (κ1) is 23.9. The Balaban J connectivity index is 1.38. The number of aromatic amines is 1. The molecule has 0 radical (unpaired) electrons. The summed E-state index contributed by atoms with van der Waals surface area (Å²) in [5.41, 5.74) is 1.52. The molecule has 0 bridgehead atoms. The van der Waals surface area contributed by atoms with Gasteiger partial charge in [0.15, 0.2) is 0 Å². The summed E-state index contributed by atoms with van der Waals surface area (Å²) in [6.07, 6.45) is -0.543. The van der Waals surface area contributed by atoms with E-state index in [0.717, 1.165) is 26.5 Å². The van der Waals surface area contributed by atoms with Crippen molar-refractivity contribution in [2.24, 2.45) is 0 Å². The van der Waals surface area contributed by atoms with E-state index in [-0.39, 0.29) is 13.0 Å². The van der Waals surface area contributed by atoms with Gasteiger partial charge in [0.1, 0.15) is 17.9 Å². The molecule has 0 saturated carbocycles. The number of H-pyrrole nitrogens is 1. The van der Waals surface area contributed by atoms with Gasteiger partial charge in [-0.25, -0.2) is 4.79 Å². The lowest BCUT2D eigenvalue weighted by atomic mass is 9.79. The maximum atomic E-state index is 12.4. The average Bonchev–Trinajstić information content (AvgIpc) is 3.29. The molecule has 188 valence electrons. The third kappa shape index (κ3) is 4.06. The minimum Gasteiger partial charge on any atom is -0.390 e. The summed E-state index contributed by atoms with van der Waals surface area (Å²) in [6, 6.07) is 26.5. The Morgan fingerprint density at radius 3 is 2.30 bits per heavy atom. The highest BCUT2D eigenvalue weighted by molar-refractivity contribution is 7.99. The van der Waals surface area contributed by atoms with Crippen molar-refractivity contribution in [3.8, 4) is 0 Å². The number of fused-ring (bicyclic) bond motifs is 2. The van der Waals surface area contributed by atoms with Crippen LogP contribution in [-0.2, 0) is 15.1 Å². The monoisotopic (exact) mass is 514 g/mol. The number of hydrogen-bond donors (Lipinski definition) is 2. The van der Waals surface area contributed by atoms with Gasteiger partial charge >= 0.3 is 5.69 Å². The van der Waals surface area contributed by atoms with Crippen LogP contribution in [-0.4, -0.2) is 33.5 Å². The highest BCUT2D eigenvalue weighted by Gasteiger charge is 2.46. The Bertz CT molecular complexity index is 1520. The smallest absolute Gasteiger partial charge is 0.330 e. The molecule has 1 saturated heterocycles. The molecule has 2 N–H and O–H groups in total. The van der Waals surface area contributed by atoms with Crippen LogP contribution in [0, 0.1) is 6.92 Å². The van der Waals surface area contributed by atoms with Gasteiger partial charge in [0, 0.05) is 39.1 Å². The molecule has 8 heteroatoms. The van der Waals surface area contributed by atoms with Crippen LogP contribution in [0.4, 0.5) is 0 Å². The molecule has 0 spiro atoms. The molecular formula is C29H26N2O5S. The van der Waals surface area contributed by atoms with Crippen LogP contribution in [0.25, 0.3) is 0 Å². The molecule has 2 aliphatic heterocycles. The van der Waals surface area contributed by atoms with E-state index in [0.29, 0.717) is 5.56 Å². The first-order chi connectivity index (χ1) is 18.0. The fraction of sp³-hybridized carbons (Fsp3) is 0.241. The molecule has 6 rings (SSSR count). The molecule has 3 aromatic carbocycles. The Labute approximate surface area is 217 Å². The highest BCUT2D eigenvalue weighted by atomic mass is 32.2. The van der Waals surface area contributed by atoms with Crippen molar-refractivity contribution in [3.05, 3.63) is 128 Å². The first-order valence-electron chi connectivity index (χ1n) is 12.2. The zero-order chi connectivity index (χ0) is 25.6. The van der Waals surface area contributed by atoms with Crippen LogP contribution in [0.3, 0.4) is 0 Å². The molecule has 1 fully saturated rings. The van der Waals surface area contributed by atoms with Crippen LogP contribution >= 0.6 is 11.8 Å². The molecule has 0 amide bonds. The predicted octanol–water partition coefficient (Wildman–Crippen LogP) is 3.97. The van der Waals surface area contributed by atoms with E-state index in [2.05, 4.69) is 41.4 Å². The topological polar surface area (TPSA) is 93.6 Å². The second kappa shape index (κ2) is 9.46. The summed E-state index contributed by atoms with van der Waals surface area (Å²) < 4.78 is 14.3. The molecular weight excluding hydrogens is 488 g/mol. The average molecular weight is 515 g/mol. The fourth-order valence-corrected chi connectivity index (χ4v) is 6.40. The van der Waals surface area contributed by atoms with E-state index in [9.17, 15) is 14.7 Å². The van der Waals surface area contributed by atoms with Crippen LogP contribution in [0.5, 0.6) is 0 Å². The number of nitrogens with one attached hydrogen (secondary N) is 1. The van der Waals surface area contributed by atoms with Crippen molar-refractivity contribution in [2.75, 3.05) is 6.61 Å². The number of aliphatic hydroxyl groups excluding tert-OH is 1. The van der Waals surface area contributed by atoms with Gasteiger partial charge in [0.2, 0.25) is 0 Å². The molecule has 7 nitrogen and oxygen atoms in total. The van der Waals surface area contributed by atoms with Gasteiger partial charge in [-0.05, 0) is 24.6 Å². The molecule has 37 heavy (non-hydrogen) atoms. The number of nitrogens with zero attached hydrogens (tertiary/aromatic N) is 1. The molecule has 3 heterocycles. The van der Waals surface area contributed by atoms with Crippen LogP contribution in [0.15, 0.2) is 104 Å². The fourth-order valence-electron chi connectivity index (χ4n) is 5.22. The molecule has 3 atom stereocenters. The maximum Gasteiger partial charge on any atom is 0.330 e. The first-order valence-corrected chi connectivity index (χ1v) is 13.0. The lowest BCUT2D eigenvalue weighted by Gasteiger charge is -2.41. The van der Waals surface area contributed by atoms with Crippen molar-refractivity contribution in [3.63, 3.8) is 0 Å². The van der Waals surface area contributed by atoms with Crippen molar-refractivity contribution < 1.29 is 14.6 Å². The van der Waals surface area contributed by atoms with Crippen LogP contribution < -0.4 is 11.2 Å². The highest BCUT2D eigenvalue weighted by Crippen LogP contribution is 2.53. The van der Waals surface area contributed by atoms with Gasteiger partial charge in [0.05, 0.1) is 12.7 Å². The SMILES string of the molecule is Cc1cn([C@H]2C[C@H](O)[C@@H](COC3(c4ccccc4)c4ccccc4Sc4ccccc43)O2)c(=O)[nH]c1=O. The van der Waals surface area contributed by atoms with E-state index in [1.807, 2.05) is 42.5 Å². The zero-order valence-electron chi connectivity index (χ0n) is 20.2. The molecule has 1 aromatic heterocycles. The Hall–Kier alpha value is -3.43. The predicted molar refractivity (Wildman–Crippen MR) is 140 cm³/mol. The van der Waals surface area contributed by atoms with Gasteiger partial charge in [-0.1, -0.05) is 78.5 Å². The molecule has 2 aliphatic rings. The number of ether oxygens (including phenoxy) is 2. The minimum absolute atomic E-state index is 0.0942. The third-order valence-corrected chi connectivity index (χ3v) is 8.21. The van der Waals surface area contributed by atoms with Gasteiger partial charge in [-0.3, -0.25) is 14.3 Å². The van der Waals surface area contributed by atoms with E-state index in [1.165, 1.54) is 10.8 Å². The summed E-state index contributed by atoms with van der Waals surface area (Å²) in [6.45, 7) is 1.72. The van der Waals surface area contributed by atoms with E-state index >= 15 is 0 Å². The van der Waals surface area contributed by atoms with E-state index in [1.54, 1.807) is 18.7 Å². The Morgan fingerprint density at radius 2 is 1.62 bits per heavy atom. The summed E-state index contributed by atoms with van der Waals surface area (Å²) >= 11 is 1.71. The maximum absolute atomic E-state index is 12.4. The third-order valence-electron chi connectivity index (χ3n) is 7.06. The van der Waals surface area contributed by atoms with Crippen molar-refractivity contribution in [2.45, 2.75) is 47.2 Å². The minimum atomic E-state index is -0.910. The number of hydrogen-bond acceptors (Lipinski definition) is 6. The quantitative estimate of drug-likeness (QED) is 0.419. The zero-order valence-corrected chi connectivity index (χ0v) is 21.0. The standard InChI is InChI=1S/C29H26N2O5S/c1-18-16-31(28(34)30-27(18)33)26-15-22(32)23(36-26)17-35-29(19-9-3-2-4-10-19)20-11-5-7-13-24(20)37-25-14-8-6-12-21(25)29/h2-14,16,22-23,26,32H,15,17H2,1H3,(H,30,33,34)/t22-,23+,26+/m0/s1. The van der Waals surface area contributed by atoms with Crippen molar-refractivity contribution in [1.29, 1.82) is 0 Å². The summed E-state index contributed by atoms with van der Waals surface area (Å²) in [7, 11) is 0. The van der Waals surface area contributed by atoms with Crippen LogP contribution in [0.2, 0.25) is 0 Å². The van der Waals surface area contributed by atoms with Gasteiger partial charge in [-0.2, -0.15) is 0 Å². The summed E-state index contributed by atoms with van der Waals surface area (Å²) in [5, 5.41) is 10.9. The summed E-state index contributed by atoms with van der Waals surface area (Å²) in [5.74, 6) is 0. The number of aromatic nitrogens is 2. The second-order valence-electron chi connectivity index (χ2n) is 9.36. The van der Waals surface area contributed by atoms with Gasteiger partial charge in [-0.15, -0.1) is 0 Å². The van der Waals surface area contributed by atoms with Crippen LogP contribution in [0.1, 0.15) is 34.9 Å². The van der Waals surface area contributed by atoms with E-state index in [4.69, 9.17) is 9.47 Å². The molecule has 0 aliphatic carbocycles. The largest absolute Gasteiger partial charge is 0.390 e. The Kier molecular flexibility index (Phi) is 6.12. The van der Waals surface area contributed by atoms with E-state index < -0.39 is 35.3 Å². The van der Waals surface area contributed by atoms with Crippen molar-refractivity contribution >= 4 is 11.8 Å². The number of benzene rings is 3. The lowest BCUT2D eigenvalue weighted by Crippen LogP contribution is -2.39. The number of aryl methyl sites for hydroxylation is 1. The molecule has 4 aromatic rings. The number of rotatable bonds is 5. The van der Waals surface area contributed by atoms with Crippen molar-refractivity contribution in [1.82, 2.24) is 9.55 Å². The van der Waals surface area contributed by atoms with Gasteiger partial charge in [0.25, 0.3) is 5.56 Å². The Morgan fingerprint density at radius 1 is 1.00 bits per heavy atom. The van der Waals surface area contributed by atoms with Gasteiger partial charge < -0.3 is 14.6 Å². The lowest BCUT2D eigenvalue weighted by molar-refractivity contribution is -0.0958. The summed E-state index contributed by atoms with van der Waals surface area (Å²) in [4.78, 5) is 28.7. The normalized spacial score (nSPS) is 21.8. The molecule has 0 unspecified atom stereocenters.